The minimum atomic E-state index is -0.000596. The van der Waals surface area contributed by atoms with E-state index in [1.165, 1.54) is 22.6 Å². The number of hydrogen-bond donors (Lipinski definition) is 2. The zero-order valence-electron chi connectivity index (χ0n) is 14.5. The number of fused-ring (bicyclic) bond motifs is 1. The van der Waals surface area contributed by atoms with E-state index in [1.807, 2.05) is 17.5 Å². The molecule has 1 aromatic heterocycles. The average molecular weight is 356 g/mol. The standard InChI is InChI=1S/C19H24N4OS/c1-2-20-19(23-13-10-15-7-3-4-8-16(15)23)22-12-6-11-21-18(24)17-9-5-14-25-17/h3-5,7-9,14H,2,6,10-13H2,1H3,(H,20,22)(H,21,24). The monoisotopic (exact) mass is 356 g/mol. The number of thiophene rings is 1. The molecule has 5 nitrogen and oxygen atoms in total. The molecule has 0 unspecified atom stereocenters. The minimum absolute atomic E-state index is 0.000596. The number of benzene rings is 1. The van der Waals surface area contributed by atoms with Gasteiger partial charge in [-0.2, -0.15) is 0 Å². The smallest absolute Gasteiger partial charge is 0.261 e. The second-order valence-corrected chi connectivity index (χ2v) is 6.80. The lowest BCUT2D eigenvalue weighted by Gasteiger charge is -2.22. The van der Waals surface area contributed by atoms with Gasteiger partial charge in [-0.05, 0) is 42.8 Å². The Labute approximate surface area is 152 Å². The Hall–Kier alpha value is -2.34. The van der Waals surface area contributed by atoms with Crippen LogP contribution >= 0.6 is 11.3 Å². The number of rotatable bonds is 6. The van der Waals surface area contributed by atoms with Gasteiger partial charge < -0.3 is 15.5 Å². The molecule has 6 heteroatoms. The van der Waals surface area contributed by atoms with Gasteiger partial charge in [0.2, 0.25) is 0 Å². The first-order valence-electron chi connectivity index (χ1n) is 8.75. The average Bonchev–Trinajstić information content (AvgIpc) is 3.30. The minimum Gasteiger partial charge on any atom is -0.356 e. The summed E-state index contributed by atoms with van der Waals surface area (Å²) in [5.74, 6) is 0.927. The van der Waals surface area contributed by atoms with Crippen LogP contribution in [0.5, 0.6) is 0 Å². The second kappa shape index (κ2) is 8.67. The van der Waals surface area contributed by atoms with Gasteiger partial charge in [0, 0.05) is 31.9 Å². The summed E-state index contributed by atoms with van der Waals surface area (Å²) in [6, 6.07) is 12.2. The van der Waals surface area contributed by atoms with E-state index < -0.39 is 0 Å². The summed E-state index contributed by atoms with van der Waals surface area (Å²) in [4.78, 5) is 19.6. The van der Waals surface area contributed by atoms with Crippen molar-refractivity contribution in [3.8, 4) is 0 Å². The van der Waals surface area contributed by atoms with Crippen LogP contribution in [0, 0.1) is 0 Å². The molecule has 0 aliphatic carbocycles. The molecule has 1 aliphatic rings. The van der Waals surface area contributed by atoms with Crippen molar-refractivity contribution in [2.24, 2.45) is 4.99 Å². The normalized spacial score (nSPS) is 13.6. The fourth-order valence-electron chi connectivity index (χ4n) is 2.91. The lowest BCUT2D eigenvalue weighted by atomic mass is 10.2. The van der Waals surface area contributed by atoms with Crippen LogP contribution in [0.3, 0.4) is 0 Å². The Morgan fingerprint density at radius 2 is 2.12 bits per heavy atom. The Morgan fingerprint density at radius 3 is 2.92 bits per heavy atom. The van der Waals surface area contributed by atoms with E-state index in [2.05, 4.69) is 46.7 Å². The summed E-state index contributed by atoms with van der Waals surface area (Å²) < 4.78 is 0. The number of hydrogen-bond acceptors (Lipinski definition) is 3. The predicted molar refractivity (Wildman–Crippen MR) is 105 cm³/mol. The first-order valence-corrected chi connectivity index (χ1v) is 9.63. The third-order valence-electron chi connectivity index (χ3n) is 4.10. The van der Waals surface area contributed by atoms with Crippen LogP contribution in [0.2, 0.25) is 0 Å². The summed E-state index contributed by atoms with van der Waals surface area (Å²) in [6.07, 6.45) is 1.87. The third kappa shape index (κ3) is 4.39. The van der Waals surface area contributed by atoms with Crippen molar-refractivity contribution < 1.29 is 4.79 Å². The number of carbonyl (C=O) groups excluding carboxylic acids is 1. The molecular formula is C19H24N4OS. The highest BCUT2D eigenvalue weighted by Gasteiger charge is 2.22. The van der Waals surface area contributed by atoms with Gasteiger partial charge in [0.25, 0.3) is 5.91 Å². The molecule has 0 bridgehead atoms. The quantitative estimate of drug-likeness (QED) is 0.475. The summed E-state index contributed by atoms with van der Waals surface area (Å²) in [5, 5.41) is 8.23. The molecule has 0 fully saturated rings. The molecule has 2 aromatic rings. The van der Waals surface area contributed by atoms with E-state index in [0.717, 1.165) is 36.8 Å². The van der Waals surface area contributed by atoms with Gasteiger partial charge in [-0.3, -0.25) is 9.79 Å². The summed E-state index contributed by atoms with van der Waals surface area (Å²) in [5.41, 5.74) is 2.62. The van der Waals surface area contributed by atoms with Gasteiger partial charge in [0.1, 0.15) is 0 Å². The van der Waals surface area contributed by atoms with Crippen molar-refractivity contribution in [2.75, 3.05) is 31.1 Å². The van der Waals surface area contributed by atoms with E-state index in [4.69, 9.17) is 4.99 Å². The van der Waals surface area contributed by atoms with Gasteiger partial charge in [-0.25, -0.2) is 0 Å². The van der Waals surface area contributed by atoms with E-state index in [0.29, 0.717) is 13.1 Å². The highest BCUT2D eigenvalue weighted by atomic mass is 32.1. The number of para-hydroxylation sites is 1. The number of aliphatic imine (C=N–C) groups is 1. The fourth-order valence-corrected chi connectivity index (χ4v) is 3.55. The van der Waals surface area contributed by atoms with Crippen LogP contribution in [0.25, 0.3) is 0 Å². The zero-order chi connectivity index (χ0) is 17.5. The highest BCUT2D eigenvalue weighted by Crippen LogP contribution is 2.27. The summed E-state index contributed by atoms with van der Waals surface area (Å²) >= 11 is 1.46. The van der Waals surface area contributed by atoms with Gasteiger partial charge in [0.05, 0.1) is 4.88 Å². The number of nitrogens with one attached hydrogen (secondary N) is 2. The molecule has 1 aromatic carbocycles. The molecule has 25 heavy (non-hydrogen) atoms. The Morgan fingerprint density at radius 1 is 1.24 bits per heavy atom. The van der Waals surface area contributed by atoms with Crippen LogP contribution in [0.15, 0.2) is 46.8 Å². The number of anilines is 1. The Kier molecular flexibility index (Phi) is 6.06. The third-order valence-corrected chi connectivity index (χ3v) is 4.97. The predicted octanol–water partition coefficient (Wildman–Crippen LogP) is 2.90. The van der Waals surface area contributed by atoms with Gasteiger partial charge >= 0.3 is 0 Å². The molecule has 0 atom stereocenters. The van der Waals surface area contributed by atoms with E-state index in [9.17, 15) is 4.79 Å². The van der Waals surface area contributed by atoms with E-state index in [1.54, 1.807) is 0 Å². The van der Waals surface area contributed by atoms with Crippen LogP contribution in [-0.2, 0) is 6.42 Å². The lowest BCUT2D eigenvalue weighted by molar-refractivity contribution is 0.0957. The van der Waals surface area contributed by atoms with E-state index in [-0.39, 0.29) is 5.91 Å². The largest absolute Gasteiger partial charge is 0.356 e. The molecule has 3 rings (SSSR count). The molecule has 0 saturated heterocycles. The first-order chi connectivity index (χ1) is 12.3. The van der Waals surface area contributed by atoms with Crippen LogP contribution in [-0.4, -0.2) is 38.0 Å². The number of amides is 1. The van der Waals surface area contributed by atoms with Gasteiger partial charge in [-0.1, -0.05) is 24.3 Å². The van der Waals surface area contributed by atoms with Gasteiger partial charge in [0.15, 0.2) is 5.96 Å². The van der Waals surface area contributed by atoms with Crippen molar-refractivity contribution in [1.29, 1.82) is 0 Å². The van der Waals surface area contributed by atoms with Crippen molar-refractivity contribution in [2.45, 2.75) is 19.8 Å². The Bertz CT molecular complexity index is 727. The summed E-state index contributed by atoms with van der Waals surface area (Å²) in [7, 11) is 0. The molecule has 0 spiro atoms. The van der Waals surface area contributed by atoms with Crippen LogP contribution in [0.1, 0.15) is 28.6 Å². The van der Waals surface area contributed by atoms with Crippen LogP contribution in [0.4, 0.5) is 5.69 Å². The molecule has 0 saturated carbocycles. The topological polar surface area (TPSA) is 56.7 Å². The lowest BCUT2D eigenvalue weighted by Crippen LogP contribution is -2.40. The van der Waals surface area contributed by atoms with E-state index >= 15 is 0 Å². The molecule has 2 N–H and O–H groups in total. The summed E-state index contributed by atoms with van der Waals surface area (Å²) in [6.45, 7) is 5.20. The maximum atomic E-state index is 11.9. The maximum Gasteiger partial charge on any atom is 0.261 e. The molecule has 1 amide bonds. The Balaban J connectivity index is 1.52. The molecule has 132 valence electrons. The SMILES string of the molecule is CCNC(=NCCCNC(=O)c1cccs1)N1CCc2ccccc21. The number of guanidine groups is 1. The second-order valence-electron chi connectivity index (χ2n) is 5.85. The number of carbonyl (C=O) groups is 1. The molecule has 2 heterocycles. The number of nitrogens with zero attached hydrogens (tertiary/aromatic N) is 2. The van der Waals surface area contributed by atoms with Crippen LogP contribution < -0.4 is 15.5 Å². The van der Waals surface area contributed by atoms with Gasteiger partial charge in [-0.15, -0.1) is 11.3 Å². The first kappa shape index (κ1) is 17.5. The molecule has 1 aliphatic heterocycles. The zero-order valence-corrected chi connectivity index (χ0v) is 15.3. The van der Waals surface area contributed by atoms with Crippen molar-refractivity contribution in [1.82, 2.24) is 10.6 Å². The molecule has 0 radical (unpaired) electrons. The molecular weight excluding hydrogens is 332 g/mol. The maximum absolute atomic E-state index is 11.9. The fraction of sp³-hybridized carbons (Fsp3) is 0.368. The highest BCUT2D eigenvalue weighted by molar-refractivity contribution is 7.12. The van der Waals surface area contributed by atoms with Crippen molar-refractivity contribution in [3.63, 3.8) is 0 Å². The van der Waals surface area contributed by atoms with Crippen molar-refractivity contribution in [3.05, 3.63) is 52.2 Å². The van der Waals surface area contributed by atoms with Crippen molar-refractivity contribution >= 4 is 28.9 Å².